The van der Waals surface area contributed by atoms with Gasteiger partial charge in [-0.25, -0.2) is 0 Å². The van der Waals surface area contributed by atoms with Gasteiger partial charge in [0.25, 0.3) is 0 Å². The molecular weight excluding hydrogens is 206 g/mol. The minimum atomic E-state index is 0.439. The first-order valence-electron chi connectivity index (χ1n) is 7.18. The Morgan fingerprint density at radius 1 is 1.12 bits per heavy atom. The molecule has 0 aliphatic heterocycles. The van der Waals surface area contributed by atoms with E-state index in [-0.39, 0.29) is 0 Å². The Kier molecular flexibility index (Phi) is 3.19. The molecule has 2 atom stereocenters. The van der Waals surface area contributed by atoms with Gasteiger partial charge >= 0.3 is 0 Å². The summed E-state index contributed by atoms with van der Waals surface area (Å²) in [6.45, 7) is 0. The minimum absolute atomic E-state index is 0.439. The summed E-state index contributed by atoms with van der Waals surface area (Å²) in [6, 6.07) is 9.30. The summed E-state index contributed by atoms with van der Waals surface area (Å²) in [7, 11) is 0. The highest BCUT2D eigenvalue weighted by Gasteiger charge is 2.30. The quantitative estimate of drug-likeness (QED) is 0.841. The van der Waals surface area contributed by atoms with Gasteiger partial charge in [-0.3, -0.25) is 0 Å². The Labute approximate surface area is 104 Å². The predicted molar refractivity (Wildman–Crippen MR) is 72.1 cm³/mol. The standard InChI is InChI=1S/C16H23N/c17-16(12-6-2-1-3-7-12)11-14-10-13-8-4-5-9-15(13)14/h4-5,8-9,12,14,16H,1-3,6-7,10-11,17H2. The average molecular weight is 229 g/mol. The molecule has 1 aromatic rings. The molecule has 1 nitrogen and oxygen atoms in total. The molecule has 17 heavy (non-hydrogen) atoms. The van der Waals surface area contributed by atoms with Crippen molar-refractivity contribution < 1.29 is 0 Å². The van der Waals surface area contributed by atoms with Crippen molar-refractivity contribution in [3.05, 3.63) is 35.4 Å². The van der Waals surface area contributed by atoms with E-state index in [4.69, 9.17) is 5.73 Å². The normalized spacial score (nSPS) is 26.1. The van der Waals surface area contributed by atoms with E-state index in [0.717, 1.165) is 11.8 Å². The van der Waals surface area contributed by atoms with E-state index in [1.807, 2.05) is 0 Å². The summed E-state index contributed by atoms with van der Waals surface area (Å²) in [5.41, 5.74) is 9.53. The van der Waals surface area contributed by atoms with Gasteiger partial charge in [0.1, 0.15) is 0 Å². The number of rotatable bonds is 3. The Balaban J connectivity index is 1.58. The number of benzene rings is 1. The van der Waals surface area contributed by atoms with E-state index in [0.29, 0.717) is 6.04 Å². The fourth-order valence-corrected chi connectivity index (χ4v) is 3.66. The highest BCUT2D eigenvalue weighted by atomic mass is 14.7. The maximum atomic E-state index is 6.42. The SMILES string of the molecule is NC(CC1Cc2ccccc21)C1CCCCC1. The maximum absolute atomic E-state index is 6.42. The zero-order chi connectivity index (χ0) is 11.7. The van der Waals surface area contributed by atoms with Crippen molar-refractivity contribution in [2.45, 2.75) is 56.9 Å². The Bertz CT molecular complexity index is 379. The molecule has 1 heteroatoms. The number of nitrogens with two attached hydrogens (primary N) is 1. The maximum Gasteiger partial charge on any atom is 0.00731 e. The third kappa shape index (κ3) is 2.26. The summed E-state index contributed by atoms with van der Waals surface area (Å²) in [5, 5.41) is 0. The molecule has 0 bridgehead atoms. The van der Waals surface area contributed by atoms with Gasteiger partial charge in [0, 0.05) is 6.04 Å². The fraction of sp³-hybridized carbons (Fsp3) is 0.625. The molecule has 2 aliphatic carbocycles. The van der Waals surface area contributed by atoms with Gasteiger partial charge in [0.2, 0.25) is 0 Å². The first-order chi connectivity index (χ1) is 8.34. The molecule has 0 saturated heterocycles. The van der Waals surface area contributed by atoms with Gasteiger partial charge in [-0.15, -0.1) is 0 Å². The first kappa shape index (κ1) is 11.3. The number of hydrogen-bond acceptors (Lipinski definition) is 1. The lowest BCUT2D eigenvalue weighted by Crippen LogP contribution is -2.35. The van der Waals surface area contributed by atoms with Crippen LogP contribution >= 0.6 is 0 Å². The van der Waals surface area contributed by atoms with Crippen molar-refractivity contribution in [3.63, 3.8) is 0 Å². The lowest BCUT2D eigenvalue weighted by atomic mass is 9.71. The molecule has 0 amide bonds. The van der Waals surface area contributed by atoms with E-state index in [2.05, 4.69) is 24.3 Å². The highest BCUT2D eigenvalue weighted by Crippen LogP contribution is 2.39. The lowest BCUT2D eigenvalue weighted by Gasteiger charge is -2.35. The van der Waals surface area contributed by atoms with E-state index < -0.39 is 0 Å². The fourth-order valence-electron chi connectivity index (χ4n) is 3.66. The van der Waals surface area contributed by atoms with E-state index in [1.165, 1.54) is 44.9 Å². The molecule has 0 spiro atoms. The van der Waals surface area contributed by atoms with E-state index >= 15 is 0 Å². The molecule has 1 aromatic carbocycles. The number of hydrogen-bond donors (Lipinski definition) is 1. The van der Waals surface area contributed by atoms with Crippen molar-refractivity contribution in [2.75, 3.05) is 0 Å². The third-order valence-electron chi connectivity index (χ3n) is 4.77. The van der Waals surface area contributed by atoms with Crippen LogP contribution < -0.4 is 5.73 Å². The molecule has 2 N–H and O–H groups in total. The molecule has 3 rings (SSSR count). The van der Waals surface area contributed by atoms with Gasteiger partial charge in [-0.2, -0.15) is 0 Å². The van der Waals surface area contributed by atoms with Crippen molar-refractivity contribution in [1.29, 1.82) is 0 Å². The summed E-state index contributed by atoms with van der Waals surface area (Å²) >= 11 is 0. The molecule has 1 saturated carbocycles. The molecule has 2 unspecified atom stereocenters. The van der Waals surface area contributed by atoms with Gasteiger partial charge < -0.3 is 5.73 Å². The molecule has 1 fully saturated rings. The molecular formula is C16H23N. The predicted octanol–water partition coefficient (Wildman–Crippen LogP) is 3.62. The number of fused-ring (bicyclic) bond motifs is 1. The first-order valence-corrected chi connectivity index (χ1v) is 7.18. The average Bonchev–Trinajstić information content (AvgIpc) is 2.37. The Hall–Kier alpha value is -0.820. The van der Waals surface area contributed by atoms with Crippen LogP contribution in [0.5, 0.6) is 0 Å². The van der Waals surface area contributed by atoms with Crippen LogP contribution in [-0.4, -0.2) is 6.04 Å². The summed E-state index contributed by atoms with van der Waals surface area (Å²) in [6.07, 6.45) is 9.44. The van der Waals surface area contributed by atoms with Crippen LogP contribution in [0.4, 0.5) is 0 Å². The van der Waals surface area contributed by atoms with Crippen molar-refractivity contribution in [1.82, 2.24) is 0 Å². The van der Waals surface area contributed by atoms with Crippen LogP contribution in [0.25, 0.3) is 0 Å². The van der Waals surface area contributed by atoms with Crippen LogP contribution in [0.15, 0.2) is 24.3 Å². The highest BCUT2D eigenvalue weighted by molar-refractivity contribution is 5.39. The molecule has 2 aliphatic rings. The Morgan fingerprint density at radius 2 is 1.88 bits per heavy atom. The monoisotopic (exact) mass is 229 g/mol. The minimum Gasteiger partial charge on any atom is -0.327 e. The smallest absolute Gasteiger partial charge is 0.00731 e. The second kappa shape index (κ2) is 4.81. The van der Waals surface area contributed by atoms with Crippen molar-refractivity contribution in [3.8, 4) is 0 Å². The second-order valence-corrected chi connectivity index (χ2v) is 5.90. The summed E-state index contributed by atoms with van der Waals surface area (Å²) in [5.74, 6) is 1.56. The van der Waals surface area contributed by atoms with Crippen LogP contribution in [0.2, 0.25) is 0 Å². The van der Waals surface area contributed by atoms with E-state index in [9.17, 15) is 0 Å². The van der Waals surface area contributed by atoms with Crippen LogP contribution in [0.1, 0.15) is 55.6 Å². The van der Waals surface area contributed by atoms with Gasteiger partial charge in [0.05, 0.1) is 0 Å². The Morgan fingerprint density at radius 3 is 2.65 bits per heavy atom. The molecule has 92 valence electrons. The van der Waals surface area contributed by atoms with Crippen LogP contribution in [0, 0.1) is 5.92 Å². The topological polar surface area (TPSA) is 26.0 Å². The van der Waals surface area contributed by atoms with Gasteiger partial charge in [-0.1, -0.05) is 43.5 Å². The van der Waals surface area contributed by atoms with Crippen molar-refractivity contribution in [2.24, 2.45) is 11.7 Å². The molecule has 0 heterocycles. The lowest BCUT2D eigenvalue weighted by molar-refractivity contribution is 0.280. The zero-order valence-corrected chi connectivity index (χ0v) is 10.6. The third-order valence-corrected chi connectivity index (χ3v) is 4.77. The molecule has 0 aromatic heterocycles. The van der Waals surface area contributed by atoms with Crippen LogP contribution in [-0.2, 0) is 6.42 Å². The van der Waals surface area contributed by atoms with Crippen molar-refractivity contribution >= 4 is 0 Å². The van der Waals surface area contributed by atoms with Gasteiger partial charge in [0.15, 0.2) is 0 Å². The second-order valence-electron chi connectivity index (χ2n) is 5.90. The zero-order valence-electron chi connectivity index (χ0n) is 10.6. The summed E-state index contributed by atoms with van der Waals surface area (Å²) < 4.78 is 0. The summed E-state index contributed by atoms with van der Waals surface area (Å²) in [4.78, 5) is 0. The van der Waals surface area contributed by atoms with Gasteiger partial charge in [-0.05, 0) is 48.6 Å². The molecule has 0 radical (unpaired) electrons. The van der Waals surface area contributed by atoms with Crippen LogP contribution in [0.3, 0.4) is 0 Å². The largest absolute Gasteiger partial charge is 0.327 e. The van der Waals surface area contributed by atoms with E-state index in [1.54, 1.807) is 11.1 Å².